The van der Waals surface area contributed by atoms with Gasteiger partial charge < -0.3 is 9.47 Å². The number of esters is 2. The Kier molecular flexibility index (Phi) is 4.42. The van der Waals surface area contributed by atoms with Gasteiger partial charge in [0.15, 0.2) is 0 Å². The minimum atomic E-state index is -0.918. The Balaban J connectivity index is 1.73. The van der Waals surface area contributed by atoms with Gasteiger partial charge in [0.2, 0.25) is 6.10 Å². The van der Waals surface area contributed by atoms with Crippen LogP contribution in [-0.4, -0.2) is 34.4 Å². The van der Waals surface area contributed by atoms with Crippen molar-refractivity contribution >= 4 is 11.9 Å². The summed E-state index contributed by atoms with van der Waals surface area (Å²) in [7, 11) is 0. The number of carbonyl (C=O) groups is 2. The molecule has 1 fully saturated rings. The topological polar surface area (TPSA) is 70.4 Å². The summed E-state index contributed by atoms with van der Waals surface area (Å²) in [5.41, 5.74) is 1.84. The van der Waals surface area contributed by atoms with E-state index in [0.29, 0.717) is 17.7 Å². The summed E-state index contributed by atoms with van der Waals surface area (Å²) in [4.78, 5) is 24.3. The maximum absolute atomic E-state index is 13.3. The molecule has 4 rings (SSSR count). The van der Waals surface area contributed by atoms with Crippen molar-refractivity contribution in [1.82, 2.24) is 9.78 Å². The van der Waals surface area contributed by atoms with E-state index < -0.39 is 18.0 Å². The second kappa shape index (κ2) is 7.03. The fourth-order valence-corrected chi connectivity index (χ4v) is 2.83. The molecule has 0 spiro atoms. The summed E-state index contributed by atoms with van der Waals surface area (Å²) in [6.07, 6.45) is 0.943. The van der Waals surface area contributed by atoms with E-state index >= 15 is 0 Å². The van der Waals surface area contributed by atoms with E-state index in [9.17, 15) is 14.0 Å². The van der Waals surface area contributed by atoms with Gasteiger partial charge in [-0.1, -0.05) is 18.2 Å². The number of halogens is 1. The molecule has 136 valence electrons. The van der Waals surface area contributed by atoms with Gasteiger partial charge in [0.1, 0.15) is 17.1 Å². The second-order valence-corrected chi connectivity index (χ2v) is 6.03. The molecule has 0 saturated carbocycles. The van der Waals surface area contributed by atoms with Crippen LogP contribution in [-0.2, 0) is 14.3 Å². The van der Waals surface area contributed by atoms with Crippen molar-refractivity contribution in [2.75, 3.05) is 6.61 Å². The zero-order valence-electron chi connectivity index (χ0n) is 14.2. The first kappa shape index (κ1) is 17.0. The molecule has 0 bridgehead atoms. The summed E-state index contributed by atoms with van der Waals surface area (Å²) in [5, 5.41) is 4.47. The van der Waals surface area contributed by atoms with Crippen molar-refractivity contribution < 1.29 is 23.5 Å². The highest BCUT2D eigenvalue weighted by atomic mass is 19.1. The van der Waals surface area contributed by atoms with Gasteiger partial charge in [-0.15, -0.1) is 0 Å². The molecule has 1 atom stereocenters. The Labute approximate surface area is 154 Å². The maximum atomic E-state index is 13.3. The summed E-state index contributed by atoms with van der Waals surface area (Å²) >= 11 is 0. The fraction of sp³-hybridized carbons (Fsp3) is 0.150. The SMILES string of the molecule is O=C(O[C@@H]1CCOC1=O)c1cn(-c2ccccc2)nc1-c1ccc(F)cc1. The largest absolute Gasteiger partial charge is 0.463 e. The molecule has 1 aliphatic rings. The van der Waals surface area contributed by atoms with E-state index in [4.69, 9.17) is 9.47 Å². The normalized spacial score (nSPS) is 16.2. The van der Waals surface area contributed by atoms with Gasteiger partial charge in [-0.2, -0.15) is 5.10 Å². The monoisotopic (exact) mass is 366 g/mol. The van der Waals surface area contributed by atoms with Gasteiger partial charge in [-0.25, -0.2) is 18.7 Å². The molecule has 0 amide bonds. The van der Waals surface area contributed by atoms with Crippen molar-refractivity contribution in [2.24, 2.45) is 0 Å². The third-order valence-electron chi connectivity index (χ3n) is 4.21. The predicted molar refractivity (Wildman–Crippen MR) is 93.7 cm³/mol. The van der Waals surface area contributed by atoms with E-state index in [1.54, 1.807) is 4.68 Å². The molecule has 0 N–H and O–H groups in total. The molecule has 2 heterocycles. The average Bonchev–Trinajstić information content (AvgIpc) is 3.30. The van der Waals surface area contributed by atoms with Crippen LogP contribution in [0.2, 0.25) is 0 Å². The lowest BCUT2D eigenvalue weighted by molar-refractivity contribution is -0.145. The van der Waals surface area contributed by atoms with Crippen LogP contribution in [0.5, 0.6) is 0 Å². The van der Waals surface area contributed by atoms with Crippen LogP contribution in [0, 0.1) is 5.82 Å². The van der Waals surface area contributed by atoms with E-state index in [1.165, 1.54) is 30.5 Å². The van der Waals surface area contributed by atoms with Gasteiger partial charge in [-0.3, -0.25) is 0 Å². The van der Waals surface area contributed by atoms with Gasteiger partial charge >= 0.3 is 11.9 Å². The molecule has 0 unspecified atom stereocenters. The summed E-state index contributed by atoms with van der Waals surface area (Å²) in [6, 6.07) is 14.9. The number of ether oxygens (including phenoxy) is 2. The molecule has 6 nitrogen and oxygen atoms in total. The molecule has 0 radical (unpaired) electrons. The van der Waals surface area contributed by atoms with Crippen LogP contribution in [0.25, 0.3) is 16.9 Å². The summed E-state index contributed by atoms with van der Waals surface area (Å²) < 4.78 is 25.0. The van der Waals surface area contributed by atoms with Crippen LogP contribution < -0.4 is 0 Å². The van der Waals surface area contributed by atoms with Crippen molar-refractivity contribution in [3.05, 3.63) is 72.2 Å². The molecular formula is C20H15FN2O4. The molecule has 7 heteroatoms. The van der Waals surface area contributed by atoms with Gasteiger partial charge in [-0.05, 0) is 36.4 Å². The van der Waals surface area contributed by atoms with Crippen molar-refractivity contribution in [3.63, 3.8) is 0 Å². The quantitative estimate of drug-likeness (QED) is 0.664. The Hall–Kier alpha value is -3.48. The maximum Gasteiger partial charge on any atom is 0.347 e. The van der Waals surface area contributed by atoms with E-state index in [2.05, 4.69) is 5.10 Å². The van der Waals surface area contributed by atoms with E-state index in [0.717, 1.165) is 5.69 Å². The molecule has 1 aromatic heterocycles. The fourth-order valence-electron chi connectivity index (χ4n) is 2.83. The van der Waals surface area contributed by atoms with Crippen molar-refractivity contribution in [1.29, 1.82) is 0 Å². The lowest BCUT2D eigenvalue weighted by Crippen LogP contribution is -2.22. The number of para-hydroxylation sites is 1. The zero-order chi connectivity index (χ0) is 18.8. The smallest absolute Gasteiger partial charge is 0.347 e. The second-order valence-electron chi connectivity index (χ2n) is 6.03. The molecule has 0 aliphatic carbocycles. The highest BCUT2D eigenvalue weighted by Gasteiger charge is 2.32. The zero-order valence-corrected chi connectivity index (χ0v) is 14.2. The number of benzene rings is 2. The minimum Gasteiger partial charge on any atom is -0.463 e. The molecule has 27 heavy (non-hydrogen) atoms. The van der Waals surface area contributed by atoms with E-state index in [1.807, 2.05) is 30.3 Å². The Morgan fingerprint density at radius 3 is 2.56 bits per heavy atom. The molecule has 2 aromatic carbocycles. The first-order valence-corrected chi connectivity index (χ1v) is 8.40. The number of carbonyl (C=O) groups excluding carboxylic acids is 2. The minimum absolute atomic E-state index is 0.185. The number of cyclic esters (lactones) is 1. The highest BCUT2D eigenvalue weighted by Crippen LogP contribution is 2.26. The number of rotatable bonds is 4. The standard InChI is InChI=1S/C20H15FN2O4/c21-14-8-6-13(7-9-14)18-16(19(24)27-17-10-11-26-20(17)25)12-23(22-18)15-4-2-1-3-5-15/h1-9,12,17H,10-11H2/t17-/m1/s1. The van der Waals surface area contributed by atoms with Crippen LogP contribution in [0.3, 0.4) is 0 Å². The Morgan fingerprint density at radius 1 is 1.15 bits per heavy atom. The van der Waals surface area contributed by atoms with Gasteiger partial charge in [0.05, 0.1) is 12.3 Å². The van der Waals surface area contributed by atoms with Crippen LogP contribution >= 0.6 is 0 Å². The number of hydrogen-bond donors (Lipinski definition) is 0. The predicted octanol–water partition coefficient (Wildman–Crippen LogP) is 3.15. The van der Waals surface area contributed by atoms with Crippen LogP contribution in [0.4, 0.5) is 4.39 Å². The number of hydrogen-bond acceptors (Lipinski definition) is 5. The first-order chi connectivity index (χ1) is 13.1. The number of aromatic nitrogens is 2. The van der Waals surface area contributed by atoms with Crippen LogP contribution in [0.15, 0.2) is 60.8 Å². The lowest BCUT2D eigenvalue weighted by Gasteiger charge is -2.08. The Morgan fingerprint density at radius 2 is 1.89 bits per heavy atom. The van der Waals surface area contributed by atoms with Gasteiger partial charge in [0, 0.05) is 18.2 Å². The van der Waals surface area contributed by atoms with Gasteiger partial charge in [0.25, 0.3) is 0 Å². The highest BCUT2D eigenvalue weighted by molar-refractivity contribution is 5.97. The number of nitrogens with zero attached hydrogens (tertiary/aromatic N) is 2. The lowest BCUT2D eigenvalue weighted by atomic mass is 10.1. The first-order valence-electron chi connectivity index (χ1n) is 8.40. The molecular weight excluding hydrogens is 351 g/mol. The average molecular weight is 366 g/mol. The molecule has 1 saturated heterocycles. The molecule has 1 aliphatic heterocycles. The third-order valence-corrected chi connectivity index (χ3v) is 4.21. The van der Waals surface area contributed by atoms with E-state index in [-0.39, 0.29) is 18.0 Å². The summed E-state index contributed by atoms with van der Waals surface area (Å²) in [5.74, 6) is -1.62. The van der Waals surface area contributed by atoms with Crippen molar-refractivity contribution in [3.8, 4) is 16.9 Å². The Bertz CT molecular complexity index is 983. The summed E-state index contributed by atoms with van der Waals surface area (Å²) in [6.45, 7) is 0.227. The van der Waals surface area contributed by atoms with Crippen molar-refractivity contribution in [2.45, 2.75) is 12.5 Å². The van der Waals surface area contributed by atoms with Crippen LogP contribution in [0.1, 0.15) is 16.8 Å². The third kappa shape index (κ3) is 3.44. The molecule has 3 aromatic rings.